The highest BCUT2D eigenvalue weighted by atomic mass is 14.5. The van der Waals surface area contributed by atoms with Gasteiger partial charge in [-0.3, -0.25) is 0 Å². The van der Waals surface area contributed by atoms with E-state index in [1.165, 1.54) is 110 Å². The smallest absolute Gasteiger partial charge is 0.0619 e. The quantitative estimate of drug-likeness (QED) is 0.163. The molecule has 0 N–H and O–H groups in total. The van der Waals surface area contributed by atoms with Crippen molar-refractivity contribution in [2.75, 3.05) is 0 Å². The third kappa shape index (κ3) is 9.00. The van der Waals surface area contributed by atoms with E-state index in [4.69, 9.17) is 0 Å². The predicted molar refractivity (Wildman–Crippen MR) is 273 cm³/mol. The molecule has 63 heavy (non-hydrogen) atoms. The standard InChI is InChI=1S/C27H22.3C12H12/c1-19-11-15-21(16-12-19)27(22-17-13-20(2)14-18-22)25-9-5-3-7-23(25)24-8-4-6-10-26(24)27;1-9-3-5-11-6-4-10(2)8-12(11)7-9;1-9-6-7-11-5-3-4-10(2)12(11)8-9;1-9-7-11-5-3-4-6-12(11)8-10(9)2/h3-18H,1-2H3;3*3-8H,1-2H3. The zero-order valence-corrected chi connectivity index (χ0v) is 38.1. The van der Waals surface area contributed by atoms with Crippen LogP contribution in [0.25, 0.3) is 43.4 Å². The van der Waals surface area contributed by atoms with Crippen LogP contribution < -0.4 is 0 Å². The van der Waals surface area contributed by atoms with Gasteiger partial charge in [-0.1, -0.05) is 234 Å². The Balaban J connectivity index is 0.000000126. The Morgan fingerprint density at radius 3 is 1.14 bits per heavy atom. The van der Waals surface area contributed by atoms with E-state index in [9.17, 15) is 0 Å². The second kappa shape index (κ2) is 18.5. The van der Waals surface area contributed by atoms with Gasteiger partial charge in [0.05, 0.1) is 5.41 Å². The monoisotopic (exact) mass is 814 g/mol. The fourth-order valence-electron chi connectivity index (χ4n) is 9.13. The van der Waals surface area contributed by atoms with Gasteiger partial charge in [0.1, 0.15) is 0 Å². The molecule has 0 bridgehead atoms. The van der Waals surface area contributed by atoms with Gasteiger partial charge in [0.25, 0.3) is 0 Å². The summed E-state index contributed by atoms with van der Waals surface area (Å²) in [4.78, 5) is 0. The lowest BCUT2D eigenvalue weighted by molar-refractivity contribution is 0.767. The van der Waals surface area contributed by atoms with E-state index in [-0.39, 0.29) is 5.41 Å². The topological polar surface area (TPSA) is 0 Å². The maximum atomic E-state index is 2.30. The number of hydrogen-bond acceptors (Lipinski definition) is 0. The van der Waals surface area contributed by atoms with E-state index in [1.807, 2.05) is 0 Å². The second-order valence-electron chi connectivity index (χ2n) is 17.5. The van der Waals surface area contributed by atoms with E-state index >= 15 is 0 Å². The lowest BCUT2D eigenvalue weighted by Crippen LogP contribution is -2.28. The predicted octanol–water partition coefficient (Wildman–Crippen LogP) is 17.0. The van der Waals surface area contributed by atoms with Gasteiger partial charge < -0.3 is 0 Å². The fourth-order valence-corrected chi connectivity index (χ4v) is 9.13. The molecule has 0 aromatic heterocycles. The van der Waals surface area contributed by atoms with Gasteiger partial charge in [-0.2, -0.15) is 0 Å². The highest BCUT2D eigenvalue weighted by molar-refractivity contribution is 5.88. The van der Waals surface area contributed by atoms with Crippen LogP contribution in [0.4, 0.5) is 0 Å². The van der Waals surface area contributed by atoms with Crippen LogP contribution in [-0.4, -0.2) is 0 Å². The van der Waals surface area contributed by atoms with Crippen molar-refractivity contribution < 1.29 is 0 Å². The molecular weight excluding hydrogens is 757 g/mol. The molecular formula is C63H58. The Labute approximate surface area is 375 Å². The zero-order valence-electron chi connectivity index (χ0n) is 38.1. The van der Waals surface area contributed by atoms with E-state index in [2.05, 4.69) is 262 Å². The lowest BCUT2D eigenvalue weighted by atomic mass is 9.67. The summed E-state index contributed by atoms with van der Waals surface area (Å²) < 4.78 is 0. The summed E-state index contributed by atoms with van der Waals surface area (Å²) in [5.41, 5.74) is 18.5. The molecule has 0 saturated heterocycles. The number of fused-ring (bicyclic) bond motifs is 6. The molecule has 0 spiro atoms. The van der Waals surface area contributed by atoms with Gasteiger partial charge in [-0.25, -0.2) is 0 Å². The summed E-state index contributed by atoms with van der Waals surface area (Å²) in [6, 6.07) is 74.9. The van der Waals surface area contributed by atoms with Crippen molar-refractivity contribution in [3.63, 3.8) is 0 Å². The summed E-state index contributed by atoms with van der Waals surface area (Å²) in [6.45, 7) is 17.2. The number of benzene rings is 10. The molecule has 0 amide bonds. The summed E-state index contributed by atoms with van der Waals surface area (Å²) in [7, 11) is 0. The van der Waals surface area contributed by atoms with E-state index in [0.29, 0.717) is 0 Å². The minimum atomic E-state index is -0.269. The molecule has 1 aliphatic rings. The largest absolute Gasteiger partial charge is 0.0713 e. The fraction of sp³-hybridized carbons (Fsp3) is 0.143. The highest BCUT2D eigenvalue weighted by Gasteiger charge is 2.45. The van der Waals surface area contributed by atoms with Gasteiger partial charge in [0.15, 0.2) is 0 Å². The van der Waals surface area contributed by atoms with Crippen molar-refractivity contribution in [1.82, 2.24) is 0 Å². The first-order chi connectivity index (χ1) is 30.5. The third-order valence-corrected chi connectivity index (χ3v) is 12.7. The minimum absolute atomic E-state index is 0.269. The maximum Gasteiger partial charge on any atom is 0.0713 e. The molecule has 10 aromatic rings. The van der Waals surface area contributed by atoms with Crippen LogP contribution in [0.15, 0.2) is 206 Å². The van der Waals surface area contributed by atoms with Crippen LogP contribution in [0.3, 0.4) is 0 Å². The van der Waals surface area contributed by atoms with Gasteiger partial charge >= 0.3 is 0 Å². The Bertz CT molecular complexity index is 3010. The SMILES string of the molecule is Cc1cc2ccccc2cc1C.Cc1ccc(C2(c3ccc(C)cc3)c3ccccc3-c3ccccc32)cc1.Cc1ccc2ccc(C)cc2c1.Cc1ccc2cccc(C)c2c1. The zero-order chi connectivity index (χ0) is 44.1. The molecule has 0 heterocycles. The summed E-state index contributed by atoms with van der Waals surface area (Å²) >= 11 is 0. The Hall–Kier alpha value is -7.02. The molecule has 0 fully saturated rings. The molecule has 310 valence electrons. The van der Waals surface area contributed by atoms with E-state index in [1.54, 1.807) is 0 Å². The molecule has 0 radical (unpaired) electrons. The average molecular weight is 815 g/mol. The van der Waals surface area contributed by atoms with E-state index < -0.39 is 0 Å². The summed E-state index contributed by atoms with van der Waals surface area (Å²) in [5.74, 6) is 0. The van der Waals surface area contributed by atoms with Crippen molar-refractivity contribution in [3.8, 4) is 11.1 Å². The van der Waals surface area contributed by atoms with Gasteiger partial charge in [-0.15, -0.1) is 0 Å². The van der Waals surface area contributed by atoms with Crippen molar-refractivity contribution >= 4 is 32.3 Å². The molecule has 1 aliphatic carbocycles. The Morgan fingerprint density at radius 1 is 0.254 bits per heavy atom. The first-order valence-corrected chi connectivity index (χ1v) is 22.2. The van der Waals surface area contributed by atoms with Crippen LogP contribution in [0.2, 0.25) is 0 Å². The van der Waals surface area contributed by atoms with Crippen LogP contribution in [0.5, 0.6) is 0 Å². The van der Waals surface area contributed by atoms with Crippen molar-refractivity contribution in [1.29, 1.82) is 0 Å². The number of hydrogen-bond donors (Lipinski definition) is 0. The van der Waals surface area contributed by atoms with Crippen LogP contribution in [0.1, 0.15) is 66.8 Å². The lowest BCUT2D eigenvalue weighted by Gasteiger charge is -2.34. The molecule has 0 saturated carbocycles. The summed E-state index contributed by atoms with van der Waals surface area (Å²) in [6.07, 6.45) is 0. The average Bonchev–Trinajstić information content (AvgIpc) is 3.59. The number of rotatable bonds is 2. The molecule has 0 nitrogen and oxygen atoms in total. The Morgan fingerprint density at radius 2 is 0.651 bits per heavy atom. The molecule has 0 heteroatoms. The minimum Gasteiger partial charge on any atom is -0.0619 e. The first kappa shape index (κ1) is 42.7. The first-order valence-electron chi connectivity index (χ1n) is 22.2. The molecule has 11 rings (SSSR count). The van der Waals surface area contributed by atoms with Crippen LogP contribution in [0, 0.1) is 55.4 Å². The van der Waals surface area contributed by atoms with Crippen LogP contribution in [-0.2, 0) is 5.41 Å². The van der Waals surface area contributed by atoms with Crippen molar-refractivity contribution in [2.45, 2.75) is 60.8 Å². The number of aryl methyl sites for hydroxylation is 8. The Kier molecular flexibility index (Phi) is 12.5. The van der Waals surface area contributed by atoms with E-state index in [0.717, 1.165) is 0 Å². The normalized spacial score (nSPS) is 11.9. The highest BCUT2D eigenvalue weighted by Crippen LogP contribution is 2.55. The maximum absolute atomic E-state index is 2.30. The second-order valence-corrected chi connectivity index (χ2v) is 17.5. The third-order valence-electron chi connectivity index (χ3n) is 12.7. The van der Waals surface area contributed by atoms with Gasteiger partial charge in [0.2, 0.25) is 0 Å². The van der Waals surface area contributed by atoms with Gasteiger partial charge in [0, 0.05) is 0 Å². The summed E-state index contributed by atoms with van der Waals surface area (Å²) in [5, 5.41) is 8.04. The van der Waals surface area contributed by atoms with Gasteiger partial charge in [-0.05, 0) is 138 Å². The van der Waals surface area contributed by atoms with Crippen molar-refractivity contribution in [3.05, 3.63) is 273 Å². The molecule has 0 unspecified atom stereocenters. The van der Waals surface area contributed by atoms with Crippen LogP contribution >= 0.6 is 0 Å². The van der Waals surface area contributed by atoms with Crippen molar-refractivity contribution in [2.24, 2.45) is 0 Å². The molecule has 0 atom stereocenters. The molecule has 0 aliphatic heterocycles. The molecule has 10 aromatic carbocycles.